The van der Waals surface area contributed by atoms with Gasteiger partial charge in [-0.25, -0.2) is 0 Å². The molecule has 0 N–H and O–H groups in total. The van der Waals surface area contributed by atoms with E-state index in [1.54, 1.807) is 0 Å². The summed E-state index contributed by atoms with van der Waals surface area (Å²) in [5.74, 6) is 1.29. The van der Waals surface area contributed by atoms with Crippen molar-refractivity contribution in [2.75, 3.05) is 0 Å². The highest BCUT2D eigenvalue weighted by Gasteiger charge is 2.04. The van der Waals surface area contributed by atoms with Crippen LogP contribution in [0.5, 0.6) is 0 Å². The van der Waals surface area contributed by atoms with Crippen LogP contribution >= 0.6 is 0 Å². The van der Waals surface area contributed by atoms with E-state index in [2.05, 4.69) is 86.7 Å². The molecule has 0 heteroatoms. The largest absolute Gasteiger partial charge is 0.0885 e. The van der Waals surface area contributed by atoms with Gasteiger partial charge in [-0.3, -0.25) is 0 Å². The van der Waals surface area contributed by atoms with E-state index in [1.807, 2.05) is 0 Å². The van der Waals surface area contributed by atoms with Crippen LogP contribution in [0.25, 0.3) is 0 Å². The van der Waals surface area contributed by atoms with Gasteiger partial charge in [-0.2, -0.15) is 0 Å². The summed E-state index contributed by atoms with van der Waals surface area (Å²) in [6, 6.07) is 21.6. The molecular formula is C22H28. The fraction of sp³-hybridized carbons (Fsp3) is 0.364. The summed E-state index contributed by atoms with van der Waals surface area (Å²) in [6.07, 6.45) is 9.53. The number of benzene rings is 2. The Balaban J connectivity index is 1.64. The first-order valence-electron chi connectivity index (χ1n) is 8.52. The number of hydrogen-bond acceptors (Lipinski definition) is 0. The molecule has 2 atom stereocenters. The second kappa shape index (κ2) is 9.25. The Bertz CT molecular complexity index is 487. The van der Waals surface area contributed by atoms with Crippen LogP contribution in [0.2, 0.25) is 0 Å². The maximum atomic E-state index is 2.36. The van der Waals surface area contributed by atoms with E-state index in [0.29, 0.717) is 11.8 Å². The highest BCUT2D eigenvalue weighted by Crippen LogP contribution is 2.22. The maximum absolute atomic E-state index is 2.36. The first-order valence-corrected chi connectivity index (χ1v) is 8.52. The van der Waals surface area contributed by atoms with Crippen molar-refractivity contribution >= 4 is 0 Å². The molecule has 2 aromatic carbocycles. The molecule has 0 aliphatic rings. The van der Waals surface area contributed by atoms with Crippen LogP contribution < -0.4 is 0 Å². The van der Waals surface area contributed by atoms with E-state index in [-0.39, 0.29) is 0 Å². The van der Waals surface area contributed by atoms with Crippen LogP contribution in [0.15, 0.2) is 72.8 Å². The van der Waals surface area contributed by atoms with Gasteiger partial charge in [-0.05, 0) is 48.6 Å². The summed E-state index contributed by atoms with van der Waals surface area (Å²) >= 11 is 0. The van der Waals surface area contributed by atoms with Gasteiger partial charge in [0, 0.05) is 0 Å². The molecule has 0 amide bonds. The minimum Gasteiger partial charge on any atom is -0.0885 e. The Labute approximate surface area is 135 Å². The average Bonchev–Trinajstić information content (AvgIpc) is 2.59. The van der Waals surface area contributed by atoms with Crippen LogP contribution in [-0.2, 0) is 0 Å². The predicted molar refractivity (Wildman–Crippen MR) is 97.3 cm³/mol. The fourth-order valence-corrected chi connectivity index (χ4v) is 2.82. The van der Waals surface area contributed by atoms with Crippen molar-refractivity contribution in [3.8, 4) is 0 Å². The van der Waals surface area contributed by atoms with Gasteiger partial charge in [0.15, 0.2) is 0 Å². The van der Waals surface area contributed by atoms with Gasteiger partial charge in [-0.1, -0.05) is 86.7 Å². The van der Waals surface area contributed by atoms with E-state index in [1.165, 1.54) is 36.8 Å². The lowest BCUT2D eigenvalue weighted by molar-refractivity contribution is 0.677. The second-order valence-electron chi connectivity index (χ2n) is 6.25. The molecular weight excluding hydrogens is 264 g/mol. The van der Waals surface area contributed by atoms with Crippen LogP contribution in [-0.4, -0.2) is 0 Å². The molecule has 0 aliphatic carbocycles. The zero-order valence-electron chi connectivity index (χ0n) is 13.9. The van der Waals surface area contributed by atoms with Crippen molar-refractivity contribution in [1.82, 2.24) is 0 Å². The van der Waals surface area contributed by atoms with Gasteiger partial charge in [-0.15, -0.1) is 0 Å². The summed E-state index contributed by atoms with van der Waals surface area (Å²) < 4.78 is 0. The third kappa shape index (κ3) is 5.52. The molecule has 0 spiro atoms. The summed E-state index contributed by atoms with van der Waals surface area (Å²) in [6.45, 7) is 4.64. The van der Waals surface area contributed by atoms with E-state index in [9.17, 15) is 0 Å². The van der Waals surface area contributed by atoms with Crippen molar-refractivity contribution in [3.05, 3.63) is 83.9 Å². The zero-order chi connectivity index (χ0) is 15.6. The van der Waals surface area contributed by atoms with Gasteiger partial charge >= 0.3 is 0 Å². The third-order valence-corrected chi connectivity index (χ3v) is 4.44. The van der Waals surface area contributed by atoms with Gasteiger partial charge in [0.2, 0.25) is 0 Å². The minimum absolute atomic E-state index is 0.647. The predicted octanol–water partition coefficient (Wildman–Crippen LogP) is 6.71. The molecule has 0 aromatic heterocycles. The molecule has 0 saturated carbocycles. The van der Waals surface area contributed by atoms with Crippen molar-refractivity contribution in [2.45, 2.75) is 51.4 Å². The van der Waals surface area contributed by atoms with Crippen molar-refractivity contribution in [1.29, 1.82) is 0 Å². The van der Waals surface area contributed by atoms with E-state index >= 15 is 0 Å². The maximum Gasteiger partial charge on any atom is -0.0187 e. The normalized spacial score (nSPS) is 14.1. The second-order valence-corrected chi connectivity index (χ2v) is 6.25. The Kier molecular flexibility index (Phi) is 6.96. The molecule has 0 bridgehead atoms. The van der Waals surface area contributed by atoms with E-state index in [0.717, 1.165) is 0 Å². The molecule has 0 radical (unpaired) electrons. The number of hydrogen-bond donors (Lipinski definition) is 0. The first-order chi connectivity index (χ1) is 10.8. The Morgan fingerprint density at radius 2 is 1.00 bits per heavy atom. The SMILES string of the molecule is CC(CC/C=C\CCC(C)c1ccccc1)c1ccccc1. The standard InChI is InChI=1S/C22H28/c1-19(21-15-9-5-10-16-21)13-7-3-4-8-14-20(2)22-17-11-6-12-18-22/h3-6,9-12,15-20H,7-8,13-14H2,1-2H3/b4-3-. The molecule has 0 nitrogen and oxygen atoms in total. The fourth-order valence-electron chi connectivity index (χ4n) is 2.82. The van der Waals surface area contributed by atoms with E-state index < -0.39 is 0 Å². The van der Waals surface area contributed by atoms with Crippen molar-refractivity contribution in [2.24, 2.45) is 0 Å². The first kappa shape index (κ1) is 16.5. The number of allylic oxidation sites excluding steroid dienone is 2. The lowest BCUT2D eigenvalue weighted by Gasteiger charge is -2.10. The van der Waals surface area contributed by atoms with Crippen LogP contribution in [0.1, 0.15) is 62.5 Å². The molecule has 2 rings (SSSR count). The summed E-state index contributed by atoms with van der Waals surface area (Å²) in [5, 5.41) is 0. The van der Waals surface area contributed by atoms with Gasteiger partial charge < -0.3 is 0 Å². The smallest absolute Gasteiger partial charge is 0.0187 e. The van der Waals surface area contributed by atoms with E-state index in [4.69, 9.17) is 0 Å². The summed E-state index contributed by atoms with van der Waals surface area (Å²) in [5.41, 5.74) is 2.90. The van der Waals surface area contributed by atoms with Gasteiger partial charge in [0.1, 0.15) is 0 Å². The number of rotatable bonds is 8. The van der Waals surface area contributed by atoms with Crippen LogP contribution in [0.4, 0.5) is 0 Å². The van der Waals surface area contributed by atoms with Gasteiger partial charge in [0.25, 0.3) is 0 Å². The average molecular weight is 292 g/mol. The van der Waals surface area contributed by atoms with Crippen LogP contribution in [0, 0.1) is 0 Å². The molecule has 0 aliphatic heterocycles. The van der Waals surface area contributed by atoms with Crippen molar-refractivity contribution in [3.63, 3.8) is 0 Å². The molecule has 0 heterocycles. The highest BCUT2D eigenvalue weighted by molar-refractivity contribution is 5.19. The Hall–Kier alpha value is -1.82. The molecule has 0 fully saturated rings. The Morgan fingerprint density at radius 3 is 1.36 bits per heavy atom. The summed E-state index contributed by atoms with van der Waals surface area (Å²) in [4.78, 5) is 0. The zero-order valence-corrected chi connectivity index (χ0v) is 13.9. The third-order valence-electron chi connectivity index (χ3n) is 4.44. The molecule has 116 valence electrons. The monoisotopic (exact) mass is 292 g/mol. The molecule has 22 heavy (non-hydrogen) atoms. The Morgan fingerprint density at radius 1 is 0.636 bits per heavy atom. The quantitative estimate of drug-likeness (QED) is 0.474. The molecule has 2 aromatic rings. The summed E-state index contributed by atoms with van der Waals surface area (Å²) in [7, 11) is 0. The molecule has 2 unspecified atom stereocenters. The lowest BCUT2D eigenvalue weighted by Crippen LogP contribution is -1.92. The topological polar surface area (TPSA) is 0 Å². The van der Waals surface area contributed by atoms with Crippen LogP contribution in [0.3, 0.4) is 0 Å². The van der Waals surface area contributed by atoms with Gasteiger partial charge in [0.05, 0.1) is 0 Å². The molecule has 0 saturated heterocycles. The highest BCUT2D eigenvalue weighted by atomic mass is 14.1. The lowest BCUT2D eigenvalue weighted by atomic mass is 9.95. The minimum atomic E-state index is 0.647. The van der Waals surface area contributed by atoms with Crippen molar-refractivity contribution < 1.29 is 0 Å².